The van der Waals surface area contributed by atoms with Gasteiger partial charge >= 0.3 is 0 Å². The maximum absolute atomic E-state index is 12.5. The van der Waals surface area contributed by atoms with Gasteiger partial charge in [0.25, 0.3) is 0 Å². The number of nitrogens with zero attached hydrogens (tertiary/aromatic N) is 2. The lowest BCUT2D eigenvalue weighted by Crippen LogP contribution is -2.43. The van der Waals surface area contributed by atoms with Crippen molar-refractivity contribution in [2.75, 3.05) is 25.0 Å². The summed E-state index contributed by atoms with van der Waals surface area (Å²) >= 11 is 6.02. The number of anilines is 1. The third-order valence-corrected chi connectivity index (χ3v) is 4.17. The third-order valence-electron chi connectivity index (χ3n) is 3.94. The van der Waals surface area contributed by atoms with Crippen LogP contribution in [0.15, 0.2) is 18.2 Å². The van der Waals surface area contributed by atoms with Crippen LogP contribution < -0.4 is 4.90 Å². The van der Waals surface area contributed by atoms with Crippen molar-refractivity contribution in [1.82, 2.24) is 4.90 Å². The molecule has 5 nitrogen and oxygen atoms in total. The van der Waals surface area contributed by atoms with Crippen LogP contribution in [0, 0.1) is 12.8 Å². The molecule has 0 radical (unpaired) electrons. The van der Waals surface area contributed by atoms with Crippen LogP contribution in [0.3, 0.4) is 0 Å². The van der Waals surface area contributed by atoms with Crippen LogP contribution in [0.25, 0.3) is 0 Å². The van der Waals surface area contributed by atoms with E-state index in [9.17, 15) is 14.7 Å². The molecule has 2 amide bonds. The summed E-state index contributed by atoms with van der Waals surface area (Å²) in [4.78, 5) is 27.9. The third kappa shape index (κ3) is 4.24. The van der Waals surface area contributed by atoms with Crippen LogP contribution in [-0.2, 0) is 9.59 Å². The Balaban J connectivity index is 2.13. The van der Waals surface area contributed by atoms with Gasteiger partial charge in [-0.1, -0.05) is 17.7 Å². The molecule has 1 heterocycles. The molecule has 2 rings (SSSR count). The number of rotatable bonds is 4. The topological polar surface area (TPSA) is 60.9 Å². The van der Waals surface area contributed by atoms with Gasteiger partial charge < -0.3 is 14.9 Å². The summed E-state index contributed by atoms with van der Waals surface area (Å²) in [5.41, 5.74) is 0.736. The fourth-order valence-electron chi connectivity index (χ4n) is 2.95. The highest BCUT2D eigenvalue weighted by molar-refractivity contribution is 6.31. The van der Waals surface area contributed by atoms with Gasteiger partial charge in [0.1, 0.15) is 0 Å². The van der Waals surface area contributed by atoms with E-state index in [-0.39, 0.29) is 24.8 Å². The highest BCUT2D eigenvalue weighted by Crippen LogP contribution is 2.30. The van der Waals surface area contributed by atoms with Crippen LogP contribution in [0.1, 0.15) is 25.8 Å². The molecule has 23 heavy (non-hydrogen) atoms. The average Bonchev–Trinajstić information content (AvgIpc) is 2.80. The molecule has 0 spiro atoms. The Kier molecular flexibility index (Phi) is 5.01. The Morgan fingerprint density at radius 1 is 1.48 bits per heavy atom. The molecule has 1 aliphatic rings. The van der Waals surface area contributed by atoms with Crippen LogP contribution in [-0.4, -0.2) is 47.6 Å². The molecular weight excluding hydrogens is 316 g/mol. The first-order valence-corrected chi connectivity index (χ1v) is 8.00. The maximum atomic E-state index is 12.5. The van der Waals surface area contributed by atoms with Gasteiger partial charge in [-0.25, -0.2) is 0 Å². The van der Waals surface area contributed by atoms with E-state index in [0.717, 1.165) is 11.3 Å². The Bertz CT molecular complexity index is 625. The van der Waals surface area contributed by atoms with Crippen molar-refractivity contribution in [3.05, 3.63) is 28.8 Å². The quantitative estimate of drug-likeness (QED) is 0.915. The number of aliphatic hydroxyl groups is 1. The second-order valence-electron chi connectivity index (χ2n) is 6.84. The van der Waals surface area contributed by atoms with Gasteiger partial charge in [0.2, 0.25) is 11.8 Å². The van der Waals surface area contributed by atoms with Crippen molar-refractivity contribution in [3.8, 4) is 0 Å². The summed E-state index contributed by atoms with van der Waals surface area (Å²) < 4.78 is 0. The van der Waals surface area contributed by atoms with E-state index in [1.54, 1.807) is 37.9 Å². The van der Waals surface area contributed by atoms with E-state index >= 15 is 0 Å². The fraction of sp³-hybridized carbons (Fsp3) is 0.529. The van der Waals surface area contributed by atoms with E-state index in [0.29, 0.717) is 11.6 Å². The molecular formula is C17H23ClN2O3. The highest BCUT2D eigenvalue weighted by Gasteiger charge is 2.37. The molecule has 0 saturated carbocycles. The Hall–Kier alpha value is -1.59. The predicted molar refractivity (Wildman–Crippen MR) is 90.6 cm³/mol. The van der Waals surface area contributed by atoms with E-state index in [2.05, 4.69) is 0 Å². The number of carbonyl (C=O) groups excluding carboxylic acids is 2. The zero-order valence-corrected chi connectivity index (χ0v) is 14.7. The first kappa shape index (κ1) is 17.8. The summed E-state index contributed by atoms with van der Waals surface area (Å²) in [6.45, 7) is 5.78. The molecule has 1 atom stereocenters. The molecule has 1 N–H and O–H groups in total. The number of halogens is 1. The Morgan fingerprint density at radius 3 is 2.74 bits per heavy atom. The molecule has 1 aliphatic heterocycles. The van der Waals surface area contributed by atoms with Crippen molar-refractivity contribution in [1.29, 1.82) is 0 Å². The zero-order valence-electron chi connectivity index (χ0n) is 14.0. The minimum atomic E-state index is -0.962. The fourth-order valence-corrected chi connectivity index (χ4v) is 3.12. The summed E-state index contributed by atoms with van der Waals surface area (Å²) in [5, 5.41) is 10.4. The lowest BCUT2D eigenvalue weighted by molar-refractivity contribution is -0.137. The first-order chi connectivity index (χ1) is 10.6. The van der Waals surface area contributed by atoms with Crippen molar-refractivity contribution in [3.63, 3.8) is 0 Å². The number of benzene rings is 1. The number of hydrogen-bond donors (Lipinski definition) is 1. The second kappa shape index (κ2) is 6.49. The lowest BCUT2D eigenvalue weighted by Gasteiger charge is -2.27. The first-order valence-electron chi connectivity index (χ1n) is 7.62. The lowest BCUT2D eigenvalue weighted by atomic mass is 10.1. The molecule has 6 heteroatoms. The van der Waals surface area contributed by atoms with Gasteiger partial charge in [0.15, 0.2) is 0 Å². The summed E-state index contributed by atoms with van der Waals surface area (Å²) in [7, 11) is 1.65. The average molecular weight is 339 g/mol. The van der Waals surface area contributed by atoms with Crippen LogP contribution in [0.5, 0.6) is 0 Å². The number of carbonyl (C=O) groups is 2. The molecule has 0 bridgehead atoms. The molecule has 1 saturated heterocycles. The number of likely N-dealkylation sites (N-methyl/N-ethyl adjacent to an activating group) is 1. The van der Waals surface area contributed by atoms with Gasteiger partial charge in [0, 0.05) is 37.3 Å². The van der Waals surface area contributed by atoms with Gasteiger partial charge in [-0.15, -0.1) is 0 Å². The second-order valence-corrected chi connectivity index (χ2v) is 7.28. The highest BCUT2D eigenvalue weighted by atomic mass is 35.5. The molecule has 0 aromatic heterocycles. The summed E-state index contributed by atoms with van der Waals surface area (Å²) in [6, 6.07) is 5.39. The monoisotopic (exact) mass is 338 g/mol. The van der Waals surface area contributed by atoms with Crippen LogP contribution in [0.2, 0.25) is 5.02 Å². The van der Waals surface area contributed by atoms with Gasteiger partial charge in [0.05, 0.1) is 11.5 Å². The predicted octanol–water partition coefficient (Wildman–Crippen LogP) is 2.23. The minimum Gasteiger partial charge on any atom is -0.389 e. The standard InChI is InChI=1S/C17H23ClN2O3/c1-11-5-6-13(18)8-14(11)20-9-12(7-15(20)21)16(22)19(4)10-17(2,3)23/h5-6,8,12,23H,7,9-10H2,1-4H3. The number of hydrogen-bond acceptors (Lipinski definition) is 3. The summed E-state index contributed by atoms with van der Waals surface area (Å²) in [6.07, 6.45) is 0.182. The van der Waals surface area contributed by atoms with E-state index in [1.807, 2.05) is 13.0 Å². The van der Waals surface area contributed by atoms with Crippen molar-refractivity contribution in [2.45, 2.75) is 32.8 Å². The largest absolute Gasteiger partial charge is 0.389 e. The van der Waals surface area contributed by atoms with Gasteiger partial charge in [-0.2, -0.15) is 0 Å². The smallest absolute Gasteiger partial charge is 0.227 e. The van der Waals surface area contributed by atoms with Crippen molar-refractivity contribution < 1.29 is 14.7 Å². The van der Waals surface area contributed by atoms with E-state index in [1.165, 1.54) is 4.90 Å². The SMILES string of the molecule is Cc1ccc(Cl)cc1N1CC(C(=O)N(C)CC(C)(C)O)CC1=O. The maximum Gasteiger partial charge on any atom is 0.227 e. The Morgan fingerprint density at radius 2 is 2.13 bits per heavy atom. The normalized spacial score (nSPS) is 18.4. The zero-order chi connectivity index (χ0) is 17.4. The number of amides is 2. The van der Waals surface area contributed by atoms with E-state index in [4.69, 9.17) is 11.6 Å². The molecule has 1 aromatic rings. The molecule has 0 aliphatic carbocycles. The minimum absolute atomic E-state index is 0.0784. The van der Waals surface area contributed by atoms with Crippen LogP contribution >= 0.6 is 11.6 Å². The molecule has 1 unspecified atom stereocenters. The van der Waals surface area contributed by atoms with Crippen molar-refractivity contribution in [2.24, 2.45) is 5.92 Å². The van der Waals surface area contributed by atoms with Gasteiger partial charge in [-0.3, -0.25) is 9.59 Å². The van der Waals surface area contributed by atoms with Crippen LogP contribution in [0.4, 0.5) is 5.69 Å². The summed E-state index contributed by atoms with van der Waals surface area (Å²) in [5.74, 6) is -0.596. The number of aryl methyl sites for hydroxylation is 1. The molecule has 126 valence electrons. The van der Waals surface area contributed by atoms with Gasteiger partial charge in [-0.05, 0) is 38.5 Å². The van der Waals surface area contributed by atoms with E-state index < -0.39 is 11.5 Å². The molecule has 1 fully saturated rings. The molecule has 1 aromatic carbocycles. The van der Waals surface area contributed by atoms with Crippen molar-refractivity contribution >= 4 is 29.1 Å². The Labute approximate surface area is 141 Å².